The van der Waals surface area contributed by atoms with Crippen LogP contribution >= 0.6 is 0 Å². The van der Waals surface area contributed by atoms with Crippen molar-refractivity contribution in [1.82, 2.24) is 15.5 Å². The summed E-state index contributed by atoms with van der Waals surface area (Å²) in [5.74, 6) is -1.02. The highest BCUT2D eigenvalue weighted by Gasteiger charge is 2.34. The molecule has 0 saturated carbocycles. The van der Waals surface area contributed by atoms with Gasteiger partial charge in [-0.25, -0.2) is 9.59 Å². The Morgan fingerprint density at radius 3 is 2.71 bits per heavy atom. The van der Waals surface area contributed by atoms with E-state index in [4.69, 9.17) is 4.74 Å². The Kier molecular flexibility index (Phi) is 6.91. The minimum absolute atomic E-state index is 0.0493. The topological polar surface area (TPSA) is 90.9 Å². The molecular formula is C14H27N3O4. The largest absolute Gasteiger partial charge is 0.480 e. The van der Waals surface area contributed by atoms with E-state index in [1.807, 2.05) is 6.92 Å². The number of morpholine rings is 1. The molecule has 0 aromatic heterocycles. The number of rotatable bonds is 7. The molecular weight excluding hydrogens is 274 g/mol. The van der Waals surface area contributed by atoms with E-state index in [1.165, 1.54) is 6.92 Å². The summed E-state index contributed by atoms with van der Waals surface area (Å²) < 4.78 is 5.59. The van der Waals surface area contributed by atoms with Crippen LogP contribution in [0.2, 0.25) is 0 Å². The maximum absolute atomic E-state index is 11.9. The predicted molar refractivity (Wildman–Crippen MR) is 79.3 cm³/mol. The quantitative estimate of drug-likeness (QED) is 0.642. The summed E-state index contributed by atoms with van der Waals surface area (Å²) in [5.41, 5.74) is -1.23. The van der Waals surface area contributed by atoms with Crippen molar-refractivity contribution in [2.24, 2.45) is 0 Å². The van der Waals surface area contributed by atoms with Gasteiger partial charge in [0.25, 0.3) is 0 Å². The highest BCUT2D eigenvalue weighted by molar-refractivity contribution is 5.85. The zero-order chi connectivity index (χ0) is 15.9. The predicted octanol–water partition coefficient (Wildman–Crippen LogP) is 0.650. The first-order valence-corrected chi connectivity index (χ1v) is 7.54. The van der Waals surface area contributed by atoms with Crippen LogP contribution in [0.4, 0.5) is 4.79 Å². The summed E-state index contributed by atoms with van der Waals surface area (Å²) in [6.45, 7) is 9.18. The molecule has 0 aromatic rings. The molecule has 21 heavy (non-hydrogen) atoms. The van der Waals surface area contributed by atoms with E-state index in [1.54, 1.807) is 0 Å². The smallest absolute Gasteiger partial charge is 0.329 e. The van der Waals surface area contributed by atoms with Gasteiger partial charge in [-0.05, 0) is 19.9 Å². The van der Waals surface area contributed by atoms with Gasteiger partial charge in [0.1, 0.15) is 5.54 Å². The highest BCUT2D eigenvalue weighted by atomic mass is 16.5. The minimum atomic E-state index is -1.23. The number of carbonyl (C=O) groups is 2. The number of hydrogen-bond acceptors (Lipinski definition) is 4. The van der Waals surface area contributed by atoms with Gasteiger partial charge in [-0.1, -0.05) is 20.3 Å². The number of nitrogens with zero attached hydrogens (tertiary/aromatic N) is 1. The molecule has 0 aliphatic carbocycles. The highest BCUT2D eigenvalue weighted by Crippen LogP contribution is 2.12. The van der Waals surface area contributed by atoms with Crippen molar-refractivity contribution in [3.63, 3.8) is 0 Å². The molecule has 7 nitrogen and oxygen atoms in total. The monoisotopic (exact) mass is 301 g/mol. The molecule has 1 fully saturated rings. The molecule has 1 aliphatic rings. The summed E-state index contributed by atoms with van der Waals surface area (Å²) >= 11 is 0. The van der Waals surface area contributed by atoms with Crippen molar-refractivity contribution in [3.8, 4) is 0 Å². The average molecular weight is 301 g/mol. The van der Waals surface area contributed by atoms with Gasteiger partial charge in [0.15, 0.2) is 0 Å². The van der Waals surface area contributed by atoms with E-state index in [0.717, 1.165) is 19.6 Å². The normalized spacial score (nSPS) is 22.3. The van der Waals surface area contributed by atoms with Crippen molar-refractivity contribution in [2.45, 2.75) is 45.3 Å². The molecule has 0 bridgehead atoms. The standard InChI is InChI=1S/C14H27N3O4/c1-4-6-14(3,12(18)19)16-13(20)15-9-11-10-17(5-2)7-8-21-11/h11H,4-10H2,1-3H3,(H,18,19)(H2,15,16,20). The van der Waals surface area contributed by atoms with Gasteiger partial charge in [0.2, 0.25) is 0 Å². The number of carboxylic acid groups (broad SMARTS) is 1. The molecule has 1 rings (SSSR count). The first-order chi connectivity index (χ1) is 9.91. The zero-order valence-electron chi connectivity index (χ0n) is 13.1. The van der Waals surface area contributed by atoms with Gasteiger partial charge >= 0.3 is 12.0 Å². The Hall–Kier alpha value is -1.34. The van der Waals surface area contributed by atoms with Crippen molar-refractivity contribution in [1.29, 1.82) is 0 Å². The van der Waals surface area contributed by atoms with Gasteiger partial charge in [-0.15, -0.1) is 0 Å². The fraction of sp³-hybridized carbons (Fsp3) is 0.857. The molecule has 0 aromatic carbocycles. The summed E-state index contributed by atoms with van der Waals surface area (Å²) in [6.07, 6.45) is 1.02. The Labute approximate surface area is 126 Å². The van der Waals surface area contributed by atoms with Crippen LogP contribution < -0.4 is 10.6 Å². The lowest BCUT2D eigenvalue weighted by Gasteiger charge is -2.32. The third kappa shape index (κ3) is 5.51. The van der Waals surface area contributed by atoms with E-state index in [9.17, 15) is 14.7 Å². The number of nitrogens with one attached hydrogen (secondary N) is 2. The van der Waals surface area contributed by atoms with Crippen LogP contribution in [0.15, 0.2) is 0 Å². The molecule has 1 heterocycles. The van der Waals surface area contributed by atoms with Crippen molar-refractivity contribution >= 4 is 12.0 Å². The molecule has 1 aliphatic heterocycles. The number of amides is 2. The zero-order valence-corrected chi connectivity index (χ0v) is 13.1. The van der Waals surface area contributed by atoms with Crippen LogP contribution in [0.5, 0.6) is 0 Å². The second-order valence-electron chi connectivity index (χ2n) is 5.61. The van der Waals surface area contributed by atoms with Crippen molar-refractivity contribution in [3.05, 3.63) is 0 Å². The van der Waals surface area contributed by atoms with E-state index in [0.29, 0.717) is 26.0 Å². The van der Waals surface area contributed by atoms with Crippen LogP contribution in [0.1, 0.15) is 33.6 Å². The maximum Gasteiger partial charge on any atom is 0.329 e. The maximum atomic E-state index is 11.9. The van der Waals surface area contributed by atoms with E-state index < -0.39 is 17.5 Å². The number of urea groups is 1. The lowest BCUT2D eigenvalue weighted by Crippen LogP contribution is -2.56. The van der Waals surface area contributed by atoms with E-state index in [-0.39, 0.29) is 6.10 Å². The molecule has 7 heteroatoms. The SMILES string of the molecule is CCCC(C)(NC(=O)NCC1CN(CC)CCO1)C(=O)O. The Balaban J connectivity index is 2.41. The van der Waals surface area contributed by atoms with Gasteiger partial charge in [-0.2, -0.15) is 0 Å². The lowest BCUT2D eigenvalue weighted by molar-refractivity contribution is -0.144. The minimum Gasteiger partial charge on any atom is -0.480 e. The van der Waals surface area contributed by atoms with Crippen molar-refractivity contribution in [2.75, 3.05) is 32.8 Å². The van der Waals surface area contributed by atoms with Gasteiger partial charge in [0, 0.05) is 19.6 Å². The molecule has 0 radical (unpaired) electrons. The van der Waals surface area contributed by atoms with Gasteiger partial charge in [-0.3, -0.25) is 4.90 Å². The fourth-order valence-electron chi connectivity index (χ4n) is 2.42. The Morgan fingerprint density at radius 1 is 1.43 bits per heavy atom. The number of ether oxygens (including phenoxy) is 1. The fourth-order valence-corrected chi connectivity index (χ4v) is 2.42. The summed E-state index contributed by atoms with van der Waals surface area (Å²) in [7, 11) is 0. The molecule has 3 N–H and O–H groups in total. The average Bonchev–Trinajstić information content (AvgIpc) is 2.45. The third-order valence-electron chi connectivity index (χ3n) is 3.77. The van der Waals surface area contributed by atoms with Crippen LogP contribution in [0, 0.1) is 0 Å². The Morgan fingerprint density at radius 2 is 2.14 bits per heavy atom. The number of aliphatic carboxylic acids is 1. The molecule has 2 amide bonds. The summed E-state index contributed by atoms with van der Waals surface area (Å²) in [4.78, 5) is 25.4. The van der Waals surface area contributed by atoms with E-state index >= 15 is 0 Å². The number of likely N-dealkylation sites (N-methyl/N-ethyl adjacent to an activating group) is 1. The second-order valence-corrected chi connectivity index (χ2v) is 5.61. The molecule has 2 unspecified atom stereocenters. The lowest BCUT2D eigenvalue weighted by atomic mass is 9.97. The second kappa shape index (κ2) is 8.19. The first kappa shape index (κ1) is 17.7. The van der Waals surface area contributed by atoms with Gasteiger partial charge in [0.05, 0.1) is 12.7 Å². The third-order valence-corrected chi connectivity index (χ3v) is 3.77. The number of carboxylic acids is 1. The molecule has 122 valence electrons. The van der Waals surface area contributed by atoms with Crippen LogP contribution in [-0.4, -0.2) is 66.4 Å². The van der Waals surface area contributed by atoms with Crippen LogP contribution in [-0.2, 0) is 9.53 Å². The Bertz CT molecular complexity index is 364. The van der Waals surface area contributed by atoms with Crippen LogP contribution in [0.3, 0.4) is 0 Å². The summed E-state index contributed by atoms with van der Waals surface area (Å²) in [5, 5.41) is 14.5. The summed E-state index contributed by atoms with van der Waals surface area (Å²) in [6, 6.07) is -0.467. The van der Waals surface area contributed by atoms with Crippen LogP contribution in [0.25, 0.3) is 0 Å². The number of hydrogen-bond donors (Lipinski definition) is 3. The molecule has 2 atom stereocenters. The molecule has 1 saturated heterocycles. The number of carbonyl (C=O) groups excluding carboxylic acids is 1. The van der Waals surface area contributed by atoms with E-state index in [2.05, 4.69) is 22.5 Å². The van der Waals surface area contributed by atoms with Gasteiger partial charge < -0.3 is 20.5 Å². The molecule has 0 spiro atoms. The first-order valence-electron chi connectivity index (χ1n) is 7.54. The van der Waals surface area contributed by atoms with Crippen molar-refractivity contribution < 1.29 is 19.4 Å².